The summed E-state index contributed by atoms with van der Waals surface area (Å²) in [6.45, 7) is 0.702. The molecule has 0 atom stereocenters. The summed E-state index contributed by atoms with van der Waals surface area (Å²) < 4.78 is 29.7. The van der Waals surface area contributed by atoms with Crippen LogP contribution in [0.25, 0.3) is 16.7 Å². The van der Waals surface area contributed by atoms with E-state index in [0.717, 1.165) is 11.1 Å². The zero-order valence-corrected chi connectivity index (χ0v) is 17.0. The quantitative estimate of drug-likeness (QED) is 0.322. The van der Waals surface area contributed by atoms with Crippen LogP contribution in [-0.2, 0) is 11.2 Å². The monoisotopic (exact) mass is 429 g/mol. The number of carbonyl (C=O) groups is 2. The number of carbonyl (C=O) groups excluding carboxylic acids is 2. The van der Waals surface area contributed by atoms with E-state index < -0.39 is 12.3 Å². The van der Waals surface area contributed by atoms with Crippen LogP contribution in [0.3, 0.4) is 0 Å². The molecular formula is C22H25F2N5O2. The molecule has 9 heteroatoms. The minimum Gasteiger partial charge on any atom is -0.358 e. The summed E-state index contributed by atoms with van der Waals surface area (Å²) in [5.74, 6) is -3.06. The molecule has 2 amide bonds. The van der Waals surface area contributed by atoms with Crippen molar-refractivity contribution >= 4 is 23.4 Å². The summed E-state index contributed by atoms with van der Waals surface area (Å²) in [5, 5.41) is 5.82. The number of fused-ring (bicyclic) bond motifs is 1. The van der Waals surface area contributed by atoms with Crippen LogP contribution in [0.5, 0.6) is 0 Å². The second-order valence-corrected chi connectivity index (χ2v) is 7.21. The van der Waals surface area contributed by atoms with Crippen LogP contribution in [0.4, 0.5) is 8.78 Å². The summed E-state index contributed by atoms with van der Waals surface area (Å²) >= 11 is 0. The van der Waals surface area contributed by atoms with E-state index in [-0.39, 0.29) is 25.3 Å². The molecule has 164 valence electrons. The van der Waals surface area contributed by atoms with E-state index >= 15 is 0 Å². The zero-order chi connectivity index (χ0) is 22.3. The third-order valence-corrected chi connectivity index (χ3v) is 4.90. The Morgan fingerprint density at radius 2 is 2.03 bits per heavy atom. The van der Waals surface area contributed by atoms with Crippen LogP contribution in [0.15, 0.2) is 48.8 Å². The highest BCUT2D eigenvalue weighted by atomic mass is 19.3. The van der Waals surface area contributed by atoms with Gasteiger partial charge in [0, 0.05) is 61.5 Å². The fourth-order valence-electron chi connectivity index (χ4n) is 3.27. The lowest BCUT2D eigenvalue weighted by Gasteiger charge is -2.15. The van der Waals surface area contributed by atoms with Crippen molar-refractivity contribution in [1.82, 2.24) is 20.2 Å². The molecule has 7 nitrogen and oxygen atoms in total. The van der Waals surface area contributed by atoms with Gasteiger partial charge in [-0.05, 0) is 42.3 Å². The summed E-state index contributed by atoms with van der Waals surface area (Å²) in [6, 6.07) is 10.8. The Kier molecular flexibility index (Phi) is 7.30. The average molecular weight is 429 g/mol. The van der Waals surface area contributed by atoms with E-state index in [1.54, 1.807) is 24.4 Å². The van der Waals surface area contributed by atoms with Crippen LogP contribution in [-0.4, -0.2) is 47.4 Å². The van der Waals surface area contributed by atoms with E-state index in [1.165, 1.54) is 0 Å². The maximum absolute atomic E-state index is 13.9. The molecule has 0 saturated heterocycles. The van der Waals surface area contributed by atoms with E-state index in [4.69, 9.17) is 5.73 Å². The Morgan fingerprint density at radius 3 is 2.81 bits per heavy atom. The molecule has 0 unspecified atom stereocenters. The summed E-state index contributed by atoms with van der Waals surface area (Å²) in [5.41, 5.74) is 8.09. The van der Waals surface area contributed by atoms with Crippen molar-refractivity contribution in [2.45, 2.75) is 25.2 Å². The molecule has 1 aromatic carbocycles. The number of rotatable bonds is 11. The van der Waals surface area contributed by atoms with Gasteiger partial charge >= 0.3 is 0 Å². The van der Waals surface area contributed by atoms with Crippen molar-refractivity contribution in [2.24, 2.45) is 5.73 Å². The molecule has 0 aliphatic carbocycles. The van der Waals surface area contributed by atoms with Crippen LogP contribution in [0.2, 0.25) is 0 Å². The first kappa shape index (κ1) is 22.4. The van der Waals surface area contributed by atoms with Gasteiger partial charge < -0.3 is 20.9 Å². The molecule has 2 aromatic heterocycles. The third kappa shape index (κ3) is 5.85. The standard InChI is InChI=1S/C22H25F2N5O2/c23-22(24,7-9-26-15-30)6-4-16-12-17-5-11-29(20(17)28-14-16)19-3-1-2-18(13-19)21(31)27-10-8-25/h1-3,5,11-15H,4,6-10,25H2,(H,26,30)(H,27,31). The second kappa shape index (κ2) is 10.1. The van der Waals surface area contributed by atoms with Crippen molar-refractivity contribution in [1.29, 1.82) is 0 Å². The van der Waals surface area contributed by atoms with Gasteiger partial charge in [0.1, 0.15) is 5.65 Å². The molecule has 0 spiro atoms. The van der Waals surface area contributed by atoms with Crippen LogP contribution in [0, 0.1) is 0 Å². The Labute approximate surface area is 178 Å². The molecule has 2 heterocycles. The molecule has 3 rings (SSSR count). The molecule has 0 radical (unpaired) electrons. The number of nitrogens with one attached hydrogen (secondary N) is 2. The van der Waals surface area contributed by atoms with Gasteiger partial charge in [-0.15, -0.1) is 0 Å². The van der Waals surface area contributed by atoms with Crippen molar-refractivity contribution in [2.75, 3.05) is 19.6 Å². The smallest absolute Gasteiger partial charge is 0.251 e. The lowest BCUT2D eigenvalue weighted by molar-refractivity contribution is -0.109. The van der Waals surface area contributed by atoms with Gasteiger partial charge in [0.2, 0.25) is 12.3 Å². The first-order valence-corrected chi connectivity index (χ1v) is 10.0. The van der Waals surface area contributed by atoms with Crippen molar-refractivity contribution in [3.05, 3.63) is 59.9 Å². The number of aryl methyl sites for hydroxylation is 1. The number of pyridine rings is 1. The second-order valence-electron chi connectivity index (χ2n) is 7.21. The minimum atomic E-state index is -2.86. The van der Waals surface area contributed by atoms with Crippen molar-refractivity contribution < 1.29 is 18.4 Å². The molecule has 0 aliphatic rings. The highest BCUT2D eigenvalue weighted by molar-refractivity contribution is 5.94. The Hall–Kier alpha value is -3.33. The SMILES string of the molecule is NCCNC(=O)c1cccc(-n2ccc3cc(CCC(F)(F)CCNC=O)cnc32)c1. The van der Waals surface area contributed by atoms with Gasteiger partial charge in [0.05, 0.1) is 0 Å². The van der Waals surface area contributed by atoms with Gasteiger partial charge in [-0.1, -0.05) is 6.07 Å². The number of amides is 2. The number of alkyl halides is 2. The molecule has 0 saturated carbocycles. The van der Waals surface area contributed by atoms with E-state index in [1.807, 2.05) is 29.0 Å². The number of nitrogens with two attached hydrogens (primary N) is 1. The predicted octanol–water partition coefficient (Wildman–Crippen LogP) is 2.42. The van der Waals surface area contributed by atoms with Gasteiger partial charge in [-0.25, -0.2) is 13.8 Å². The van der Waals surface area contributed by atoms with Crippen LogP contribution in [0.1, 0.15) is 28.8 Å². The number of hydrogen-bond acceptors (Lipinski definition) is 4. The van der Waals surface area contributed by atoms with Gasteiger partial charge in [0.15, 0.2) is 0 Å². The number of aromatic nitrogens is 2. The summed E-state index contributed by atoms with van der Waals surface area (Å²) in [4.78, 5) is 26.9. The normalized spacial score (nSPS) is 11.5. The summed E-state index contributed by atoms with van der Waals surface area (Å²) in [6.07, 6.45) is 3.31. The number of benzene rings is 1. The largest absolute Gasteiger partial charge is 0.358 e. The van der Waals surface area contributed by atoms with Gasteiger partial charge in [-0.3, -0.25) is 9.59 Å². The molecule has 4 N–H and O–H groups in total. The average Bonchev–Trinajstić information content (AvgIpc) is 3.19. The fraction of sp³-hybridized carbons (Fsp3) is 0.318. The maximum atomic E-state index is 13.9. The fourth-order valence-corrected chi connectivity index (χ4v) is 3.27. The van der Waals surface area contributed by atoms with Crippen molar-refractivity contribution in [3.63, 3.8) is 0 Å². The first-order chi connectivity index (χ1) is 14.9. The maximum Gasteiger partial charge on any atom is 0.251 e. The molecule has 31 heavy (non-hydrogen) atoms. The number of hydrogen-bond donors (Lipinski definition) is 3. The lowest BCUT2D eigenvalue weighted by atomic mass is 10.0. The lowest BCUT2D eigenvalue weighted by Crippen LogP contribution is -2.29. The van der Waals surface area contributed by atoms with Crippen LogP contribution < -0.4 is 16.4 Å². The Balaban J connectivity index is 1.74. The molecule has 0 bridgehead atoms. The predicted molar refractivity (Wildman–Crippen MR) is 114 cm³/mol. The Bertz CT molecular complexity index is 1050. The highest BCUT2D eigenvalue weighted by Crippen LogP contribution is 2.26. The van der Waals surface area contributed by atoms with E-state index in [9.17, 15) is 18.4 Å². The first-order valence-electron chi connectivity index (χ1n) is 10.0. The number of halogens is 2. The van der Waals surface area contributed by atoms with Gasteiger partial charge in [0.25, 0.3) is 5.91 Å². The zero-order valence-electron chi connectivity index (χ0n) is 17.0. The highest BCUT2D eigenvalue weighted by Gasteiger charge is 2.27. The Morgan fingerprint density at radius 1 is 1.19 bits per heavy atom. The molecule has 3 aromatic rings. The van der Waals surface area contributed by atoms with Crippen molar-refractivity contribution in [3.8, 4) is 5.69 Å². The number of nitrogens with zero attached hydrogens (tertiary/aromatic N) is 2. The summed E-state index contributed by atoms with van der Waals surface area (Å²) in [7, 11) is 0. The van der Waals surface area contributed by atoms with Crippen LogP contribution >= 0.6 is 0 Å². The molecule has 0 fully saturated rings. The third-order valence-electron chi connectivity index (χ3n) is 4.90. The van der Waals surface area contributed by atoms with E-state index in [0.29, 0.717) is 36.3 Å². The van der Waals surface area contributed by atoms with E-state index in [2.05, 4.69) is 15.6 Å². The molecule has 0 aliphatic heterocycles. The van der Waals surface area contributed by atoms with Gasteiger partial charge in [-0.2, -0.15) is 0 Å². The molecular weight excluding hydrogens is 404 g/mol. The minimum absolute atomic E-state index is 0.0556. The topological polar surface area (TPSA) is 102 Å².